The van der Waals surface area contributed by atoms with E-state index in [-0.39, 0.29) is 11.8 Å². The molecule has 4 heteroatoms. The molecule has 2 amide bonds. The van der Waals surface area contributed by atoms with Gasteiger partial charge in [0.05, 0.1) is 0 Å². The molecule has 2 rings (SSSR count). The molecule has 1 aliphatic rings. The Morgan fingerprint density at radius 3 is 2.65 bits per heavy atom. The van der Waals surface area contributed by atoms with Crippen molar-refractivity contribution >= 4 is 11.7 Å². The molecule has 0 bridgehead atoms. The molecule has 0 spiro atoms. The number of rotatable bonds is 3. The van der Waals surface area contributed by atoms with Gasteiger partial charge in [0.2, 0.25) is 0 Å². The fourth-order valence-electron chi connectivity index (χ4n) is 1.43. The van der Waals surface area contributed by atoms with E-state index in [1.165, 1.54) is 17.7 Å². The van der Waals surface area contributed by atoms with E-state index in [0.717, 1.165) is 5.69 Å². The summed E-state index contributed by atoms with van der Waals surface area (Å²) in [5.74, 6) is 0.838. The molecule has 1 aliphatic carbocycles. The minimum absolute atomic E-state index is 0.187. The van der Waals surface area contributed by atoms with Gasteiger partial charge in [0.15, 0.2) is 0 Å². The number of anilines is 1. The van der Waals surface area contributed by atoms with Crippen LogP contribution in [0.3, 0.4) is 0 Å². The van der Waals surface area contributed by atoms with Crippen LogP contribution in [0.4, 0.5) is 10.5 Å². The van der Waals surface area contributed by atoms with Crippen molar-refractivity contribution in [3.63, 3.8) is 0 Å². The summed E-state index contributed by atoms with van der Waals surface area (Å²) in [5, 5.41) is 11.9. The summed E-state index contributed by atoms with van der Waals surface area (Å²) in [4.78, 5) is 13.2. The maximum atomic E-state index is 11.7. The highest BCUT2D eigenvalue weighted by molar-refractivity contribution is 5.91. The molecule has 0 heterocycles. The zero-order valence-corrected chi connectivity index (χ0v) is 9.76. The van der Waals surface area contributed by atoms with E-state index < -0.39 is 0 Å². The maximum Gasteiger partial charge on any atom is 0.325 e. The van der Waals surface area contributed by atoms with E-state index in [1.807, 2.05) is 6.08 Å². The van der Waals surface area contributed by atoms with Gasteiger partial charge in [-0.05, 0) is 43.0 Å². The molecule has 0 unspecified atom stereocenters. The van der Waals surface area contributed by atoms with Crippen molar-refractivity contribution in [2.24, 2.45) is 5.92 Å². The van der Waals surface area contributed by atoms with Crippen molar-refractivity contribution in [1.82, 2.24) is 5.32 Å². The number of phenolic OH excluding ortho intramolecular Hbond substituents is 1. The number of aromatic hydroxyl groups is 1. The Labute approximate surface area is 101 Å². The molecular formula is C13H16N2O2. The highest BCUT2D eigenvalue weighted by atomic mass is 16.3. The topological polar surface area (TPSA) is 52.6 Å². The van der Waals surface area contributed by atoms with Crippen molar-refractivity contribution in [2.45, 2.75) is 12.8 Å². The molecule has 0 aliphatic heterocycles. The first kappa shape index (κ1) is 11.5. The Balaban J connectivity index is 1.91. The van der Waals surface area contributed by atoms with Crippen molar-refractivity contribution in [1.29, 1.82) is 0 Å². The van der Waals surface area contributed by atoms with Crippen molar-refractivity contribution in [2.75, 3.05) is 11.9 Å². The van der Waals surface area contributed by atoms with E-state index in [4.69, 9.17) is 5.11 Å². The van der Waals surface area contributed by atoms with Gasteiger partial charge in [-0.25, -0.2) is 4.79 Å². The number of carbonyl (C=O) groups excluding carboxylic acids is 1. The number of carbonyl (C=O) groups is 1. The van der Waals surface area contributed by atoms with Gasteiger partial charge in [-0.2, -0.15) is 0 Å². The molecule has 90 valence electrons. The van der Waals surface area contributed by atoms with Crippen LogP contribution in [0.1, 0.15) is 12.8 Å². The third-order valence-corrected chi connectivity index (χ3v) is 2.74. The number of allylic oxidation sites excluding steroid dienone is 1. The van der Waals surface area contributed by atoms with E-state index >= 15 is 0 Å². The standard InChI is InChI=1S/C13H16N2O2/c1-15(11-4-6-12(16)7-5-11)13(17)14-9-8-10-2-3-10/h4-10,16H,2-3H2,1H3,(H,14,17)/b9-8+. The minimum atomic E-state index is -0.187. The fourth-order valence-corrected chi connectivity index (χ4v) is 1.43. The van der Waals surface area contributed by atoms with Crippen LogP contribution in [0.25, 0.3) is 0 Å². The summed E-state index contributed by atoms with van der Waals surface area (Å²) in [6.45, 7) is 0. The van der Waals surface area contributed by atoms with E-state index in [0.29, 0.717) is 5.92 Å². The molecule has 0 radical (unpaired) electrons. The molecule has 17 heavy (non-hydrogen) atoms. The van der Waals surface area contributed by atoms with Gasteiger partial charge in [0, 0.05) is 18.9 Å². The van der Waals surface area contributed by atoms with Crippen LogP contribution in [-0.4, -0.2) is 18.2 Å². The van der Waals surface area contributed by atoms with E-state index in [1.54, 1.807) is 37.5 Å². The number of hydrogen-bond acceptors (Lipinski definition) is 2. The average Bonchev–Trinajstić information content (AvgIpc) is 3.13. The lowest BCUT2D eigenvalue weighted by atomic mass is 10.3. The van der Waals surface area contributed by atoms with Crippen molar-refractivity contribution < 1.29 is 9.90 Å². The number of amides is 2. The third kappa shape index (κ3) is 3.24. The molecule has 1 fully saturated rings. The smallest absolute Gasteiger partial charge is 0.325 e. The van der Waals surface area contributed by atoms with Crippen LogP contribution in [-0.2, 0) is 0 Å². The second-order valence-electron chi connectivity index (χ2n) is 4.22. The number of urea groups is 1. The predicted molar refractivity (Wildman–Crippen MR) is 66.9 cm³/mol. The summed E-state index contributed by atoms with van der Waals surface area (Å²) in [5.41, 5.74) is 0.736. The first-order valence-electron chi connectivity index (χ1n) is 5.67. The third-order valence-electron chi connectivity index (χ3n) is 2.74. The number of benzene rings is 1. The summed E-state index contributed by atoms with van der Waals surface area (Å²) >= 11 is 0. The number of nitrogens with zero attached hydrogens (tertiary/aromatic N) is 1. The van der Waals surface area contributed by atoms with Crippen LogP contribution >= 0.6 is 0 Å². The van der Waals surface area contributed by atoms with E-state index in [2.05, 4.69) is 5.32 Å². The quantitative estimate of drug-likeness (QED) is 0.841. The van der Waals surface area contributed by atoms with Crippen molar-refractivity contribution in [3.8, 4) is 5.75 Å². The molecule has 0 atom stereocenters. The second-order valence-corrected chi connectivity index (χ2v) is 4.22. The summed E-state index contributed by atoms with van der Waals surface area (Å²) < 4.78 is 0. The molecule has 1 saturated carbocycles. The predicted octanol–water partition coefficient (Wildman–Crippen LogP) is 2.46. The van der Waals surface area contributed by atoms with Crippen LogP contribution in [0, 0.1) is 5.92 Å². The molecule has 0 aromatic heterocycles. The van der Waals surface area contributed by atoms with Gasteiger partial charge in [-0.1, -0.05) is 6.08 Å². The monoisotopic (exact) mass is 232 g/mol. The van der Waals surface area contributed by atoms with Gasteiger partial charge in [0.1, 0.15) is 5.75 Å². The summed E-state index contributed by atoms with van der Waals surface area (Å²) in [7, 11) is 1.69. The molecule has 1 aromatic carbocycles. The number of nitrogens with one attached hydrogen (secondary N) is 1. The normalized spacial score (nSPS) is 14.9. The van der Waals surface area contributed by atoms with Gasteiger partial charge in [-0.15, -0.1) is 0 Å². The van der Waals surface area contributed by atoms with Crippen LogP contribution < -0.4 is 10.2 Å². The molecule has 2 N–H and O–H groups in total. The largest absolute Gasteiger partial charge is 0.508 e. The molecule has 1 aromatic rings. The van der Waals surface area contributed by atoms with Crippen LogP contribution in [0.5, 0.6) is 5.75 Å². The lowest BCUT2D eigenvalue weighted by Crippen LogP contribution is -2.34. The van der Waals surface area contributed by atoms with Crippen LogP contribution in [0.15, 0.2) is 36.5 Å². The van der Waals surface area contributed by atoms with Gasteiger partial charge >= 0.3 is 6.03 Å². The van der Waals surface area contributed by atoms with Gasteiger partial charge in [0.25, 0.3) is 0 Å². The average molecular weight is 232 g/mol. The first-order valence-corrected chi connectivity index (χ1v) is 5.67. The highest BCUT2D eigenvalue weighted by Gasteiger charge is 2.17. The zero-order chi connectivity index (χ0) is 12.3. The first-order chi connectivity index (χ1) is 8.16. The highest BCUT2D eigenvalue weighted by Crippen LogP contribution is 2.29. The lowest BCUT2D eigenvalue weighted by Gasteiger charge is -2.16. The SMILES string of the molecule is CN(C(=O)N/C=C/C1CC1)c1ccc(O)cc1. The Kier molecular flexibility index (Phi) is 3.32. The summed E-state index contributed by atoms with van der Waals surface area (Å²) in [6.07, 6.45) is 6.17. The fraction of sp³-hybridized carbons (Fsp3) is 0.308. The number of hydrogen-bond donors (Lipinski definition) is 2. The second kappa shape index (κ2) is 4.91. The van der Waals surface area contributed by atoms with Crippen molar-refractivity contribution in [3.05, 3.63) is 36.5 Å². The number of phenols is 1. The Morgan fingerprint density at radius 1 is 1.41 bits per heavy atom. The van der Waals surface area contributed by atoms with Gasteiger partial charge in [-0.3, -0.25) is 4.90 Å². The Bertz CT molecular complexity index is 422. The Hall–Kier alpha value is -1.97. The van der Waals surface area contributed by atoms with Crippen LogP contribution in [0.2, 0.25) is 0 Å². The van der Waals surface area contributed by atoms with E-state index in [9.17, 15) is 4.79 Å². The zero-order valence-electron chi connectivity index (χ0n) is 9.76. The molecular weight excluding hydrogens is 216 g/mol. The minimum Gasteiger partial charge on any atom is -0.508 e. The molecule has 4 nitrogen and oxygen atoms in total. The lowest BCUT2D eigenvalue weighted by molar-refractivity contribution is 0.250. The Morgan fingerprint density at radius 2 is 2.06 bits per heavy atom. The van der Waals surface area contributed by atoms with Gasteiger partial charge < -0.3 is 10.4 Å². The summed E-state index contributed by atoms with van der Waals surface area (Å²) in [6, 6.07) is 6.31. The maximum absolute atomic E-state index is 11.7. The molecule has 0 saturated heterocycles.